The number of ether oxygens (including phenoxy) is 2. The highest BCUT2D eigenvalue weighted by Crippen LogP contribution is 2.13. The Morgan fingerprint density at radius 3 is 2.36 bits per heavy atom. The van der Waals surface area contributed by atoms with Crippen LogP contribution in [-0.2, 0) is 14.3 Å². The van der Waals surface area contributed by atoms with E-state index in [0.29, 0.717) is 18.5 Å². The summed E-state index contributed by atoms with van der Waals surface area (Å²) in [5, 5.41) is 5.60. The zero-order valence-electron chi connectivity index (χ0n) is 16.4. The number of carbonyl (C=O) groups is 2. The van der Waals surface area contributed by atoms with Gasteiger partial charge in [-0.3, -0.25) is 9.69 Å². The third-order valence-corrected chi connectivity index (χ3v) is 3.86. The van der Waals surface area contributed by atoms with Crippen molar-refractivity contribution in [1.82, 2.24) is 15.5 Å². The van der Waals surface area contributed by atoms with Gasteiger partial charge in [-0.15, -0.1) is 0 Å². The highest BCUT2D eigenvalue weighted by molar-refractivity contribution is 5.77. The van der Waals surface area contributed by atoms with E-state index in [1.807, 2.05) is 0 Å². The summed E-state index contributed by atoms with van der Waals surface area (Å²) in [6.45, 7) is 14.0. The van der Waals surface area contributed by atoms with Crippen LogP contribution in [0.3, 0.4) is 0 Å². The fourth-order valence-corrected chi connectivity index (χ4v) is 2.76. The van der Waals surface area contributed by atoms with E-state index in [0.717, 1.165) is 32.7 Å². The predicted molar refractivity (Wildman–Crippen MR) is 97.5 cm³/mol. The largest absolute Gasteiger partial charge is 0.444 e. The third-order valence-electron chi connectivity index (χ3n) is 3.86. The molecular weight excluding hydrogens is 322 g/mol. The fourth-order valence-electron chi connectivity index (χ4n) is 2.76. The highest BCUT2D eigenvalue weighted by atomic mass is 16.6. The average molecular weight is 357 g/mol. The van der Waals surface area contributed by atoms with E-state index < -0.39 is 11.7 Å². The molecule has 7 heteroatoms. The monoisotopic (exact) mass is 357 g/mol. The topological polar surface area (TPSA) is 79.9 Å². The van der Waals surface area contributed by atoms with Crippen molar-refractivity contribution >= 4 is 12.0 Å². The van der Waals surface area contributed by atoms with E-state index in [1.165, 1.54) is 0 Å². The van der Waals surface area contributed by atoms with Gasteiger partial charge in [-0.25, -0.2) is 4.79 Å². The van der Waals surface area contributed by atoms with Gasteiger partial charge in [0, 0.05) is 38.6 Å². The number of morpholine rings is 1. The Bertz CT molecular complexity index is 415. The summed E-state index contributed by atoms with van der Waals surface area (Å²) in [6.07, 6.45) is 0.791. The molecule has 0 aromatic rings. The molecule has 1 heterocycles. The van der Waals surface area contributed by atoms with Gasteiger partial charge < -0.3 is 20.1 Å². The zero-order chi connectivity index (χ0) is 18.9. The van der Waals surface area contributed by atoms with E-state index in [4.69, 9.17) is 9.47 Å². The molecule has 0 unspecified atom stereocenters. The number of nitrogens with one attached hydrogen (secondary N) is 2. The summed E-state index contributed by atoms with van der Waals surface area (Å²) in [6, 6.07) is 0.326. The Morgan fingerprint density at radius 1 is 1.16 bits per heavy atom. The molecule has 0 saturated carbocycles. The van der Waals surface area contributed by atoms with Crippen LogP contribution < -0.4 is 10.6 Å². The van der Waals surface area contributed by atoms with Gasteiger partial charge in [-0.05, 0) is 33.1 Å². The molecule has 2 N–H and O–H groups in total. The molecule has 0 aromatic heterocycles. The van der Waals surface area contributed by atoms with Crippen LogP contribution in [0.15, 0.2) is 0 Å². The Morgan fingerprint density at radius 2 is 1.80 bits per heavy atom. The second-order valence-corrected chi connectivity index (χ2v) is 7.91. The van der Waals surface area contributed by atoms with Crippen LogP contribution in [0.1, 0.15) is 47.5 Å². The van der Waals surface area contributed by atoms with Crippen LogP contribution >= 0.6 is 0 Å². The maximum absolute atomic E-state index is 12.0. The van der Waals surface area contributed by atoms with Crippen molar-refractivity contribution in [2.24, 2.45) is 5.92 Å². The molecule has 0 spiro atoms. The van der Waals surface area contributed by atoms with E-state index >= 15 is 0 Å². The van der Waals surface area contributed by atoms with Gasteiger partial charge >= 0.3 is 6.09 Å². The van der Waals surface area contributed by atoms with Gasteiger partial charge in [0.2, 0.25) is 5.91 Å². The number of amides is 2. The number of rotatable bonds is 8. The standard InChI is InChI=1S/C18H35N3O4/c1-14(2)12-15(21-8-10-24-11-9-21)13-20-16(22)6-7-19-17(23)25-18(3,4)5/h14-15H,6-13H2,1-5H3,(H,19,23)(H,20,22)/t15-/m1/s1. The molecule has 1 aliphatic rings. The molecular formula is C18H35N3O4. The molecule has 1 fully saturated rings. The lowest BCUT2D eigenvalue weighted by atomic mass is 10.0. The molecule has 2 amide bonds. The summed E-state index contributed by atoms with van der Waals surface area (Å²) in [4.78, 5) is 26.0. The van der Waals surface area contributed by atoms with Crippen LogP contribution in [0.2, 0.25) is 0 Å². The van der Waals surface area contributed by atoms with E-state index in [1.54, 1.807) is 20.8 Å². The van der Waals surface area contributed by atoms with Gasteiger partial charge in [-0.2, -0.15) is 0 Å². The fraction of sp³-hybridized carbons (Fsp3) is 0.889. The summed E-state index contributed by atoms with van der Waals surface area (Å²) >= 11 is 0. The predicted octanol–water partition coefficient (Wildman–Crippen LogP) is 1.76. The van der Waals surface area contributed by atoms with Gasteiger partial charge in [0.1, 0.15) is 5.60 Å². The molecule has 1 rings (SSSR count). The number of alkyl carbamates (subject to hydrolysis) is 1. The summed E-state index contributed by atoms with van der Waals surface area (Å²) < 4.78 is 10.5. The summed E-state index contributed by atoms with van der Waals surface area (Å²) in [7, 11) is 0. The van der Waals surface area contributed by atoms with E-state index in [9.17, 15) is 9.59 Å². The molecule has 0 aromatic carbocycles. The Hall–Kier alpha value is -1.34. The molecule has 0 bridgehead atoms. The number of hydrogen-bond donors (Lipinski definition) is 2. The van der Waals surface area contributed by atoms with Crippen LogP contribution in [0, 0.1) is 5.92 Å². The Labute approximate surface area is 151 Å². The van der Waals surface area contributed by atoms with Crippen LogP contribution in [-0.4, -0.2) is 67.9 Å². The quantitative estimate of drug-likeness (QED) is 0.692. The zero-order valence-corrected chi connectivity index (χ0v) is 16.4. The van der Waals surface area contributed by atoms with Crippen molar-refractivity contribution < 1.29 is 19.1 Å². The minimum Gasteiger partial charge on any atom is -0.444 e. The highest BCUT2D eigenvalue weighted by Gasteiger charge is 2.22. The van der Waals surface area contributed by atoms with Gasteiger partial charge in [-0.1, -0.05) is 13.8 Å². The third kappa shape index (κ3) is 10.3. The summed E-state index contributed by atoms with van der Waals surface area (Å²) in [5.41, 5.74) is -0.533. The normalized spacial score (nSPS) is 17.2. The first-order valence-corrected chi connectivity index (χ1v) is 9.22. The van der Waals surface area contributed by atoms with Crippen molar-refractivity contribution in [3.8, 4) is 0 Å². The van der Waals surface area contributed by atoms with Crippen molar-refractivity contribution in [2.75, 3.05) is 39.4 Å². The second kappa shape index (κ2) is 10.6. The van der Waals surface area contributed by atoms with Crippen LogP contribution in [0.25, 0.3) is 0 Å². The lowest BCUT2D eigenvalue weighted by Crippen LogP contribution is -2.49. The number of carbonyl (C=O) groups excluding carboxylic acids is 2. The number of hydrogen-bond acceptors (Lipinski definition) is 5. The van der Waals surface area contributed by atoms with Crippen LogP contribution in [0.4, 0.5) is 4.79 Å². The van der Waals surface area contributed by atoms with Crippen molar-refractivity contribution in [2.45, 2.75) is 59.1 Å². The van der Waals surface area contributed by atoms with Gasteiger partial charge in [0.25, 0.3) is 0 Å². The molecule has 7 nitrogen and oxygen atoms in total. The second-order valence-electron chi connectivity index (χ2n) is 7.91. The SMILES string of the molecule is CC(C)C[C@H](CNC(=O)CCNC(=O)OC(C)(C)C)N1CCOCC1. The molecule has 1 aliphatic heterocycles. The number of nitrogens with zero attached hydrogens (tertiary/aromatic N) is 1. The summed E-state index contributed by atoms with van der Waals surface area (Å²) in [5.74, 6) is 0.511. The Kier molecular flexibility index (Phi) is 9.21. The first kappa shape index (κ1) is 21.7. The minimum absolute atomic E-state index is 0.0573. The van der Waals surface area contributed by atoms with Crippen molar-refractivity contribution in [3.05, 3.63) is 0 Å². The maximum atomic E-state index is 12.0. The Balaban J connectivity index is 2.30. The van der Waals surface area contributed by atoms with Crippen LogP contribution in [0.5, 0.6) is 0 Å². The lowest BCUT2D eigenvalue weighted by Gasteiger charge is -2.35. The maximum Gasteiger partial charge on any atom is 0.407 e. The molecule has 25 heavy (non-hydrogen) atoms. The minimum atomic E-state index is -0.533. The molecule has 1 saturated heterocycles. The average Bonchev–Trinajstić information content (AvgIpc) is 2.50. The van der Waals surface area contributed by atoms with Gasteiger partial charge in [0.05, 0.1) is 13.2 Å². The van der Waals surface area contributed by atoms with Gasteiger partial charge in [0.15, 0.2) is 0 Å². The van der Waals surface area contributed by atoms with E-state index in [-0.39, 0.29) is 18.9 Å². The van der Waals surface area contributed by atoms with Crippen molar-refractivity contribution in [1.29, 1.82) is 0 Å². The lowest BCUT2D eigenvalue weighted by molar-refractivity contribution is -0.121. The molecule has 1 atom stereocenters. The van der Waals surface area contributed by atoms with E-state index in [2.05, 4.69) is 29.4 Å². The molecule has 0 radical (unpaired) electrons. The van der Waals surface area contributed by atoms with Crippen molar-refractivity contribution in [3.63, 3.8) is 0 Å². The smallest absolute Gasteiger partial charge is 0.407 e. The molecule has 0 aliphatic carbocycles. The first-order chi connectivity index (χ1) is 11.7. The molecule has 146 valence electrons. The first-order valence-electron chi connectivity index (χ1n) is 9.22.